The number of nitrogens with one attached hydrogen (secondary N) is 1. The van der Waals surface area contributed by atoms with E-state index in [0.717, 1.165) is 11.3 Å². The van der Waals surface area contributed by atoms with E-state index < -0.39 is 0 Å². The van der Waals surface area contributed by atoms with Crippen molar-refractivity contribution >= 4 is 40.0 Å². The number of carbonyl (C=O) groups excluding carboxylic acids is 1. The minimum Gasteiger partial charge on any atom is -0.326 e. The molecule has 1 N–H and O–H groups in total. The second-order valence-electron chi connectivity index (χ2n) is 4.68. The van der Waals surface area contributed by atoms with E-state index in [4.69, 9.17) is 0 Å². The Labute approximate surface area is 130 Å². The Hall–Kier alpha value is -2.73. The number of hydrogen-bond donors (Lipinski definition) is 1. The van der Waals surface area contributed by atoms with Gasteiger partial charge in [0.05, 0.1) is 5.69 Å². The summed E-state index contributed by atoms with van der Waals surface area (Å²) in [5, 5.41) is 4.59. The highest BCUT2D eigenvalue weighted by Gasteiger charge is 2.02. The number of amides is 1. The molecule has 110 valence electrons. The lowest BCUT2D eigenvalue weighted by atomic mass is 10.1. The third kappa shape index (κ3) is 2.96. The molecule has 5 nitrogen and oxygen atoms in total. The van der Waals surface area contributed by atoms with E-state index >= 15 is 0 Å². The smallest absolute Gasteiger partial charge is 0.259 e. The van der Waals surface area contributed by atoms with Crippen LogP contribution in [0.25, 0.3) is 17.1 Å². The largest absolute Gasteiger partial charge is 0.326 e. The first kappa shape index (κ1) is 14.2. The molecule has 3 rings (SSSR count). The summed E-state index contributed by atoms with van der Waals surface area (Å²) in [6.07, 6.45) is 5.30. The van der Waals surface area contributed by atoms with Crippen molar-refractivity contribution in [1.82, 2.24) is 9.38 Å². The summed E-state index contributed by atoms with van der Waals surface area (Å²) in [5.41, 5.74) is 2.05. The molecule has 1 amide bonds. The van der Waals surface area contributed by atoms with Gasteiger partial charge in [0.15, 0.2) is 4.96 Å². The molecule has 0 saturated carbocycles. The third-order valence-electron chi connectivity index (χ3n) is 3.03. The molecule has 0 fully saturated rings. The standard InChI is InChI=1S/C16H13N3O2S/c1-11(20)17-14-5-3-2-4-12(14)6-7-13-10-15(21)19-8-9-22-16(19)18-13/h2-10H,1H3,(H,17,20)/b7-6+. The summed E-state index contributed by atoms with van der Waals surface area (Å²) in [4.78, 5) is 28.2. The molecule has 0 aliphatic carbocycles. The predicted molar refractivity (Wildman–Crippen MR) is 89.0 cm³/mol. The Morgan fingerprint density at radius 2 is 2.14 bits per heavy atom. The number of fused-ring (bicyclic) bond motifs is 1. The van der Waals surface area contributed by atoms with Gasteiger partial charge in [-0.3, -0.25) is 14.0 Å². The van der Waals surface area contributed by atoms with Crippen molar-refractivity contribution in [2.45, 2.75) is 6.92 Å². The minimum absolute atomic E-state index is 0.110. The van der Waals surface area contributed by atoms with Gasteiger partial charge in [-0.2, -0.15) is 0 Å². The maximum atomic E-state index is 11.9. The Balaban J connectivity index is 1.96. The summed E-state index contributed by atoms with van der Waals surface area (Å²) in [6, 6.07) is 8.93. The molecule has 2 aromatic heterocycles. The van der Waals surface area contributed by atoms with E-state index in [1.54, 1.807) is 12.3 Å². The fourth-order valence-corrected chi connectivity index (χ4v) is 2.79. The van der Waals surface area contributed by atoms with Crippen LogP contribution in [-0.2, 0) is 4.79 Å². The van der Waals surface area contributed by atoms with Crippen molar-refractivity contribution in [3.8, 4) is 0 Å². The second kappa shape index (κ2) is 5.95. The highest BCUT2D eigenvalue weighted by molar-refractivity contribution is 7.15. The number of aromatic nitrogens is 2. The fraction of sp³-hybridized carbons (Fsp3) is 0.0625. The monoisotopic (exact) mass is 311 g/mol. The first-order valence-electron chi connectivity index (χ1n) is 6.65. The van der Waals surface area contributed by atoms with Gasteiger partial charge in [-0.1, -0.05) is 24.3 Å². The molecule has 1 aromatic carbocycles. The van der Waals surface area contributed by atoms with Crippen LogP contribution in [0.1, 0.15) is 18.2 Å². The quantitative estimate of drug-likeness (QED) is 0.809. The average molecular weight is 311 g/mol. The number of hydrogen-bond acceptors (Lipinski definition) is 4. The number of para-hydroxylation sites is 1. The number of benzene rings is 1. The fourth-order valence-electron chi connectivity index (χ4n) is 2.07. The summed E-state index contributed by atoms with van der Waals surface area (Å²) in [6.45, 7) is 1.47. The van der Waals surface area contributed by atoms with Crippen LogP contribution in [-0.4, -0.2) is 15.3 Å². The van der Waals surface area contributed by atoms with Crippen molar-refractivity contribution < 1.29 is 4.79 Å². The summed E-state index contributed by atoms with van der Waals surface area (Å²) >= 11 is 1.41. The molecule has 0 atom stereocenters. The van der Waals surface area contributed by atoms with Gasteiger partial charge in [-0.15, -0.1) is 11.3 Å². The molecule has 22 heavy (non-hydrogen) atoms. The number of rotatable bonds is 3. The van der Waals surface area contributed by atoms with Gasteiger partial charge >= 0.3 is 0 Å². The molecule has 0 spiro atoms. The normalized spacial score (nSPS) is 11.1. The predicted octanol–water partition coefficient (Wildman–Crippen LogP) is 2.88. The molecule has 0 unspecified atom stereocenters. The average Bonchev–Trinajstić information content (AvgIpc) is 2.95. The van der Waals surface area contributed by atoms with Crippen LogP contribution in [0.5, 0.6) is 0 Å². The zero-order valence-electron chi connectivity index (χ0n) is 11.8. The molecule has 2 heterocycles. The van der Waals surface area contributed by atoms with Gasteiger partial charge < -0.3 is 5.32 Å². The number of anilines is 1. The van der Waals surface area contributed by atoms with E-state index in [2.05, 4.69) is 10.3 Å². The first-order chi connectivity index (χ1) is 10.6. The lowest BCUT2D eigenvalue weighted by Gasteiger charge is -2.05. The molecule has 0 bridgehead atoms. The van der Waals surface area contributed by atoms with Gasteiger partial charge in [-0.05, 0) is 17.7 Å². The zero-order valence-corrected chi connectivity index (χ0v) is 12.6. The summed E-state index contributed by atoms with van der Waals surface area (Å²) in [5.74, 6) is -0.128. The van der Waals surface area contributed by atoms with Gasteiger partial charge in [-0.25, -0.2) is 4.98 Å². The molecular weight excluding hydrogens is 298 g/mol. The van der Waals surface area contributed by atoms with Crippen LogP contribution in [0, 0.1) is 0 Å². The van der Waals surface area contributed by atoms with E-state index in [9.17, 15) is 9.59 Å². The molecular formula is C16H13N3O2S. The molecule has 0 aliphatic heterocycles. The minimum atomic E-state index is -0.128. The van der Waals surface area contributed by atoms with E-state index in [0.29, 0.717) is 10.7 Å². The maximum Gasteiger partial charge on any atom is 0.259 e. The van der Waals surface area contributed by atoms with Gasteiger partial charge in [0.2, 0.25) is 5.91 Å². The Morgan fingerprint density at radius 1 is 1.32 bits per heavy atom. The lowest BCUT2D eigenvalue weighted by molar-refractivity contribution is -0.114. The van der Waals surface area contributed by atoms with Crippen molar-refractivity contribution in [2.24, 2.45) is 0 Å². The van der Waals surface area contributed by atoms with E-state index in [1.165, 1.54) is 28.7 Å². The Kier molecular flexibility index (Phi) is 3.84. The molecule has 0 saturated heterocycles. The van der Waals surface area contributed by atoms with Crippen LogP contribution in [0.4, 0.5) is 5.69 Å². The van der Waals surface area contributed by atoms with E-state index in [1.807, 2.05) is 35.7 Å². The van der Waals surface area contributed by atoms with Crippen LogP contribution in [0.2, 0.25) is 0 Å². The highest BCUT2D eigenvalue weighted by Crippen LogP contribution is 2.18. The first-order valence-corrected chi connectivity index (χ1v) is 7.53. The van der Waals surface area contributed by atoms with Crippen LogP contribution in [0.15, 0.2) is 46.7 Å². The molecule has 6 heteroatoms. The highest BCUT2D eigenvalue weighted by atomic mass is 32.1. The summed E-state index contributed by atoms with van der Waals surface area (Å²) < 4.78 is 1.51. The number of carbonyl (C=O) groups is 1. The summed E-state index contributed by atoms with van der Waals surface area (Å²) in [7, 11) is 0. The topological polar surface area (TPSA) is 63.5 Å². The number of thiazole rings is 1. The third-order valence-corrected chi connectivity index (χ3v) is 3.78. The number of nitrogens with zero attached hydrogens (tertiary/aromatic N) is 2. The van der Waals surface area contributed by atoms with Crippen molar-refractivity contribution in [3.63, 3.8) is 0 Å². The van der Waals surface area contributed by atoms with Crippen molar-refractivity contribution in [2.75, 3.05) is 5.32 Å². The molecule has 0 aliphatic rings. The van der Waals surface area contributed by atoms with Crippen LogP contribution in [0.3, 0.4) is 0 Å². The van der Waals surface area contributed by atoms with Crippen molar-refractivity contribution in [3.05, 3.63) is 63.5 Å². The van der Waals surface area contributed by atoms with Crippen LogP contribution < -0.4 is 10.9 Å². The SMILES string of the molecule is CC(=O)Nc1ccccc1/C=C/c1cc(=O)n2ccsc2n1. The van der Waals surface area contributed by atoms with E-state index in [-0.39, 0.29) is 11.5 Å². The van der Waals surface area contributed by atoms with Crippen molar-refractivity contribution in [1.29, 1.82) is 0 Å². The van der Waals surface area contributed by atoms with Crippen LogP contribution >= 0.6 is 11.3 Å². The second-order valence-corrected chi connectivity index (χ2v) is 5.55. The zero-order chi connectivity index (χ0) is 15.5. The molecule has 3 aromatic rings. The molecule has 0 radical (unpaired) electrons. The Bertz CT molecular complexity index is 924. The maximum absolute atomic E-state index is 11.9. The van der Waals surface area contributed by atoms with Gasteiger partial charge in [0, 0.05) is 30.3 Å². The van der Waals surface area contributed by atoms with Gasteiger partial charge in [0.1, 0.15) is 0 Å². The Morgan fingerprint density at radius 3 is 2.95 bits per heavy atom. The van der Waals surface area contributed by atoms with Gasteiger partial charge in [0.25, 0.3) is 5.56 Å². The lowest BCUT2D eigenvalue weighted by Crippen LogP contribution is -2.11.